The summed E-state index contributed by atoms with van der Waals surface area (Å²) >= 11 is 5.96. The molecule has 1 heterocycles. The summed E-state index contributed by atoms with van der Waals surface area (Å²) in [6.45, 7) is 1.80. The highest BCUT2D eigenvalue weighted by Gasteiger charge is 2.14. The first kappa shape index (κ1) is 12.7. The molecule has 0 aliphatic carbocycles. The van der Waals surface area contributed by atoms with E-state index in [2.05, 4.69) is 0 Å². The quantitative estimate of drug-likeness (QED) is 0.777. The molecule has 0 saturated heterocycles. The normalized spacial score (nSPS) is 10.4. The zero-order valence-corrected chi connectivity index (χ0v) is 11.0. The fraction of sp³-hybridized carbons (Fsp3) is 0.214. The number of rotatable bonds is 4. The molecule has 18 heavy (non-hydrogen) atoms. The second-order valence-corrected chi connectivity index (χ2v) is 4.22. The standard InChI is InChI=1S/C14H13ClO3/c1-3-11(16)14-7-6-13(18-14)10-8-9(15)4-5-12(10)17-2/h4-8H,3H2,1-2H3. The number of carbonyl (C=O) groups excluding carboxylic acids is 1. The van der Waals surface area contributed by atoms with Crippen LogP contribution in [0.4, 0.5) is 0 Å². The smallest absolute Gasteiger partial charge is 0.197 e. The van der Waals surface area contributed by atoms with Crippen LogP contribution in [0.25, 0.3) is 11.3 Å². The predicted molar refractivity (Wildman–Crippen MR) is 70.3 cm³/mol. The molecule has 0 unspecified atom stereocenters. The Hall–Kier alpha value is -1.74. The number of ketones is 1. The van der Waals surface area contributed by atoms with Gasteiger partial charge in [0.05, 0.1) is 12.7 Å². The van der Waals surface area contributed by atoms with Gasteiger partial charge in [0.15, 0.2) is 11.5 Å². The molecule has 2 aromatic rings. The third-order valence-corrected chi connectivity index (χ3v) is 2.86. The van der Waals surface area contributed by atoms with Gasteiger partial charge in [0.25, 0.3) is 0 Å². The minimum atomic E-state index is -0.0257. The molecule has 3 nitrogen and oxygen atoms in total. The highest BCUT2D eigenvalue weighted by atomic mass is 35.5. The number of methoxy groups -OCH3 is 1. The molecule has 0 atom stereocenters. The Morgan fingerprint density at radius 1 is 1.33 bits per heavy atom. The second-order valence-electron chi connectivity index (χ2n) is 3.79. The lowest BCUT2D eigenvalue weighted by molar-refractivity contribution is 0.0962. The second kappa shape index (κ2) is 5.27. The van der Waals surface area contributed by atoms with Crippen molar-refractivity contribution in [3.8, 4) is 17.1 Å². The van der Waals surface area contributed by atoms with E-state index in [1.165, 1.54) is 0 Å². The topological polar surface area (TPSA) is 39.4 Å². The minimum Gasteiger partial charge on any atom is -0.496 e. The van der Waals surface area contributed by atoms with Crippen LogP contribution in [0.2, 0.25) is 5.02 Å². The molecule has 0 amide bonds. The van der Waals surface area contributed by atoms with Gasteiger partial charge in [-0.2, -0.15) is 0 Å². The fourth-order valence-corrected chi connectivity index (χ4v) is 1.85. The van der Waals surface area contributed by atoms with Crippen molar-refractivity contribution < 1.29 is 13.9 Å². The zero-order chi connectivity index (χ0) is 13.1. The Morgan fingerprint density at radius 2 is 2.11 bits per heavy atom. The highest BCUT2D eigenvalue weighted by Crippen LogP contribution is 2.33. The number of benzene rings is 1. The monoisotopic (exact) mass is 264 g/mol. The third-order valence-electron chi connectivity index (χ3n) is 2.63. The van der Waals surface area contributed by atoms with Gasteiger partial charge >= 0.3 is 0 Å². The Kier molecular flexibility index (Phi) is 3.72. The van der Waals surface area contributed by atoms with E-state index in [0.29, 0.717) is 28.7 Å². The largest absolute Gasteiger partial charge is 0.496 e. The molecule has 94 valence electrons. The molecule has 0 N–H and O–H groups in total. The summed E-state index contributed by atoms with van der Waals surface area (Å²) in [4.78, 5) is 11.5. The molecule has 0 fully saturated rings. The van der Waals surface area contributed by atoms with Crippen LogP contribution >= 0.6 is 11.6 Å². The molecule has 0 radical (unpaired) electrons. The van der Waals surface area contributed by atoms with Gasteiger partial charge < -0.3 is 9.15 Å². The molecule has 2 rings (SSSR count). The van der Waals surface area contributed by atoms with E-state index in [0.717, 1.165) is 5.56 Å². The van der Waals surface area contributed by atoms with Crippen LogP contribution in [0, 0.1) is 0 Å². The lowest BCUT2D eigenvalue weighted by atomic mass is 10.1. The van der Waals surface area contributed by atoms with Crippen molar-refractivity contribution in [3.05, 3.63) is 41.1 Å². The summed E-state index contributed by atoms with van der Waals surface area (Å²) in [5.74, 6) is 1.56. The number of furan rings is 1. The molecule has 0 bridgehead atoms. The van der Waals surface area contributed by atoms with E-state index >= 15 is 0 Å². The number of hydrogen-bond acceptors (Lipinski definition) is 3. The number of Topliss-reactive ketones (excluding diaryl/α,β-unsaturated/α-hetero) is 1. The van der Waals surface area contributed by atoms with Gasteiger partial charge in [-0.15, -0.1) is 0 Å². The van der Waals surface area contributed by atoms with Crippen LogP contribution in [0.3, 0.4) is 0 Å². The molecule has 4 heteroatoms. The lowest BCUT2D eigenvalue weighted by Crippen LogP contribution is -1.92. The summed E-state index contributed by atoms with van der Waals surface area (Å²) in [5.41, 5.74) is 0.736. The molecule has 0 saturated carbocycles. The van der Waals surface area contributed by atoms with Crippen LogP contribution in [-0.2, 0) is 0 Å². The first-order valence-electron chi connectivity index (χ1n) is 5.62. The average molecular weight is 265 g/mol. The average Bonchev–Trinajstić information content (AvgIpc) is 2.87. The Balaban J connectivity index is 2.45. The summed E-state index contributed by atoms with van der Waals surface area (Å²) in [5, 5.41) is 0.588. The van der Waals surface area contributed by atoms with E-state index in [9.17, 15) is 4.79 Å². The molecular weight excluding hydrogens is 252 g/mol. The van der Waals surface area contributed by atoms with Crippen molar-refractivity contribution in [2.75, 3.05) is 7.11 Å². The van der Waals surface area contributed by atoms with Crippen molar-refractivity contribution in [3.63, 3.8) is 0 Å². The van der Waals surface area contributed by atoms with Gasteiger partial charge in [0, 0.05) is 11.4 Å². The number of halogens is 1. The fourth-order valence-electron chi connectivity index (χ4n) is 1.68. The van der Waals surface area contributed by atoms with Crippen molar-refractivity contribution in [2.24, 2.45) is 0 Å². The first-order valence-corrected chi connectivity index (χ1v) is 6.00. The van der Waals surface area contributed by atoms with Crippen molar-refractivity contribution >= 4 is 17.4 Å². The molecule has 0 spiro atoms. The van der Waals surface area contributed by atoms with Crippen LogP contribution in [-0.4, -0.2) is 12.9 Å². The van der Waals surface area contributed by atoms with Crippen molar-refractivity contribution in [1.29, 1.82) is 0 Å². The Labute approximate surface area is 110 Å². The third kappa shape index (κ3) is 2.41. The van der Waals surface area contributed by atoms with E-state index in [-0.39, 0.29) is 5.78 Å². The molecule has 1 aromatic carbocycles. The molecular formula is C14H13ClO3. The summed E-state index contributed by atoms with van der Waals surface area (Å²) in [6, 6.07) is 8.67. The highest BCUT2D eigenvalue weighted by molar-refractivity contribution is 6.30. The molecule has 0 aliphatic rings. The maximum atomic E-state index is 11.5. The van der Waals surface area contributed by atoms with E-state index in [1.807, 2.05) is 0 Å². The Morgan fingerprint density at radius 3 is 2.78 bits per heavy atom. The van der Waals surface area contributed by atoms with Crippen molar-refractivity contribution in [2.45, 2.75) is 13.3 Å². The first-order chi connectivity index (χ1) is 8.65. The lowest BCUT2D eigenvalue weighted by Gasteiger charge is -2.06. The van der Waals surface area contributed by atoms with Gasteiger partial charge in [-0.1, -0.05) is 18.5 Å². The number of carbonyl (C=O) groups is 1. The van der Waals surface area contributed by atoms with Gasteiger partial charge in [-0.3, -0.25) is 4.79 Å². The van der Waals surface area contributed by atoms with E-state index < -0.39 is 0 Å². The van der Waals surface area contributed by atoms with Crippen LogP contribution in [0.1, 0.15) is 23.9 Å². The van der Waals surface area contributed by atoms with E-state index in [4.69, 9.17) is 20.8 Å². The Bertz CT molecular complexity index is 572. The summed E-state index contributed by atoms with van der Waals surface area (Å²) < 4.78 is 10.8. The molecule has 0 aliphatic heterocycles. The molecule has 1 aromatic heterocycles. The van der Waals surface area contributed by atoms with Crippen molar-refractivity contribution in [1.82, 2.24) is 0 Å². The number of ether oxygens (including phenoxy) is 1. The summed E-state index contributed by atoms with van der Waals surface area (Å²) in [6.07, 6.45) is 0.416. The van der Waals surface area contributed by atoms with Gasteiger partial charge in [0.2, 0.25) is 0 Å². The van der Waals surface area contributed by atoms with Gasteiger partial charge in [-0.05, 0) is 30.3 Å². The van der Waals surface area contributed by atoms with Crippen LogP contribution in [0.5, 0.6) is 5.75 Å². The van der Waals surface area contributed by atoms with Gasteiger partial charge in [0.1, 0.15) is 11.5 Å². The summed E-state index contributed by atoms with van der Waals surface area (Å²) in [7, 11) is 1.58. The van der Waals surface area contributed by atoms with E-state index in [1.54, 1.807) is 44.4 Å². The van der Waals surface area contributed by atoms with Crippen LogP contribution in [0.15, 0.2) is 34.7 Å². The maximum absolute atomic E-state index is 11.5. The van der Waals surface area contributed by atoms with Crippen LogP contribution < -0.4 is 4.74 Å². The maximum Gasteiger partial charge on any atom is 0.197 e. The van der Waals surface area contributed by atoms with Gasteiger partial charge in [-0.25, -0.2) is 0 Å². The zero-order valence-electron chi connectivity index (χ0n) is 10.2. The number of hydrogen-bond donors (Lipinski definition) is 0. The minimum absolute atomic E-state index is 0.0257. The SMILES string of the molecule is CCC(=O)c1ccc(-c2cc(Cl)ccc2OC)o1. The predicted octanol–water partition coefficient (Wildman–Crippen LogP) is 4.20.